The lowest BCUT2D eigenvalue weighted by atomic mass is 9.97. The molecule has 1 fully saturated rings. The maximum absolute atomic E-state index is 12.3. The molecule has 1 aromatic heterocycles. The zero-order valence-electron chi connectivity index (χ0n) is 11.4. The lowest BCUT2D eigenvalue weighted by Gasteiger charge is -2.30. The number of H-pyrrole nitrogens is 1. The predicted octanol–water partition coefficient (Wildman–Crippen LogP) is 0.789. The number of aryl methyl sites for hydroxylation is 1. The average Bonchev–Trinajstić information content (AvgIpc) is 2.80. The zero-order valence-corrected chi connectivity index (χ0v) is 11.4. The Morgan fingerprint density at radius 2 is 2.21 bits per heavy atom. The molecule has 1 aliphatic rings. The summed E-state index contributed by atoms with van der Waals surface area (Å²) in [5.74, 6) is 0.212. The smallest absolute Gasteiger partial charge is 0.276 e. The number of amides is 1. The van der Waals surface area contributed by atoms with E-state index < -0.39 is 0 Å². The summed E-state index contributed by atoms with van der Waals surface area (Å²) < 4.78 is 0. The number of aromatic amines is 1. The number of nitrogens with one attached hydrogen (secondary N) is 1. The van der Waals surface area contributed by atoms with Gasteiger partial charge in [0.05, 0.1) is 11.4 Å². The van der Waals surface area contributed by atoms with Gasteiger partial charge in [0.15, 0.2) is 5.69 Å². The number of aromatic nitrogens is 2. The number of aliphatic hydroxyl groups is 1. The number of hydrogen-bond acceptors (Lipinski definition) is 4. The van der Waals surface area contributed by atoms with Crippen LogP contribution in [0.3, 0.4) is 0 Å². The van der Waals surface area contributed by atoms with Crippen molar-refractivity contribution in [1.29, 1.82) is 0 Å². The highest BCUT2D eigenvalue weighted by Crippen LogP contribution is 2.21. The highest BCUT2D eigenvalue weighted by atomic mass is 16.3. The van der Waals surface area contributed by atoms with Gasteiger partial charge in [-0.3, -0.25) is 9.89 Å². The van der Waals surface area contributed by atoms with Gasteiger partial charge < -0.3 is 15.7 Å². The molecule has 1 aliphatic heterocycles. The summed E-state index contributed by atoms with van der Waals surface area (Å²) in [4.78, 5) is 14.1. The summed E-state index contributed by atoms with van der Waals surface area (Å²) in [5.41, 5.74) is 7.63. The quantitative estimate of drug-likeness (QED) is 0.750. The van der Waals surface area contributed by atoms with Crippen molar-refractivity contribution < 1.29 is 9.90 Å². The van der Waals surface area contributed by atoms with E-state index in [2.05, 4.69) is 17.1 Å². The molecule has 2 heterocycles. The van der Waals surface area contributed by atoms with E-state index in [4.69, 9.17) is 10.8 Å². The lowest BCUT2D eigenvalue weighted by Crippen LogP contribution is -2.39. The van der Waals surface area contributed by atoms with Crippen LogP contribution in [0.5, 0.6) is 0 Å². The molecule has 1 aromatic rings. The molecule has 0 bridgehead atoms. The zero-order chi connectivity index (χ0) is 13.8. The van der Waals surface area contributed by atoms with Gasteiger partial charge in [0.1, 0.15) is 0 Å². The highest BCUT2D eigenvalue weighted by Gasteiger charge is 2.26. The summed E-state index contributed by atoms with van der Waals surface area (Å²) >= 11 is 0. The second-order valence-corrected chi connectivity index (χ2v) is 5.13. The van der Waals surface area contributed by atoms with Crippen LogP contribution < -0.4 is 5.73 Å². The van der Waals surface area contributed by atoms with E-state index in [1.165, 1.54) is 0 Å². The first kappa shape index (κ1) is 13.9. The van der Waals surface area contributed by atoms with Crippen LogP contribution >= 0.6 is 0 Å². The number of nitrogen functional groups attached to an aromatic ring is 1. The maximum Gasteiger partial charge on any atom is 0.276 e. The van der Waals surface area contributed by atoms with Crippen molar-refractivity contribution in [2.75, 3.05) is 25.4 Å². The van der Waals surface area contributed by atoms with E-state index in [9.17, 15) is 4.79 Å². The normalized spacial score (nSPS) is 16.8. The van der Waals surface area contributed by atoms with Crippen molar-refractivity contribution in [1.82, 2.24) is 15.1 Å². The van der Waals surface area contributed by atoms with E-state index in [1.54, 1.807) is 4.90 Å². The van der Waals surface area contributed by atoms with Gasteiger partial charge in [-0.05, 0) is 25.2 Å². The minimum absolute atomic E-state index is 0.104. The van der Waals surface area contributed by atoms with Crippen LogP contribution in [0.15, 0.2) is 0 Å². The van der Waals surface area contributed by atoms with Gasteiger partial charge in [-0.2, -0.15) is 5.10 Å². The summed E-state index contributed by atoms with van der Waals surface area (Å²) in [6.07, 6.45) is 3.45. The Balaban J connectivity index is 2.04. The molecule has 0 atom stereocenters. The van der Waals surface area contributed by atoms with E-state index in [0.29, 0.717) is 30.4 Å². The van der Waals surface area contributed by atoms with Crippen LogP contribution in [0.2, 0.25) is 0 Å². The number of carbonyl (C=O) groups is 1. The first-order valence-corrected chi connectivity index (χ1v) is 6.90. The number of carbonyl (C=O) groups excluding carboxylic acids is 1. The van der Waals surface area contributed by atoms with Crippen LogP contribution in [0.4, 0.5) is 5.69 Å². The van der Waals surface area contributed by atoms with Gasteiger partial charge in [0.2, 0.25) is 0 Å². The number of piperidine rings is 1. The number of rotatable bonds is 4. The molecule has 0 radical (unpaired) electrons. The minimum Gasteiger partial charge on any atom is -0.396 e. The van der Waals surface area contributed by atoms with Crippen molar-refractivity contribution >= 4 is 11.6 Å². The predicted molar refractivity (Wildman–Crippen MR) is 72.7 cm³/mol. The Kier molecular flexibility index (Phi) is 4.42. The summed E-state index contributed by atoms with van der Waals surface area (Å²) in [6, 6.07) is 0. The molecular weight excluding hydrogens is 244 g/mol. The summed E-state index contributed by atoms with van der Waals surface area (Å²) in [6.45, 7) is 3.59. The van der Waals surface area contributed by atoms with Crippen molar-refractivity contribution in [2.24, 2.45) is 5.92 Å². The SMILES string of the molecule is CCCc1[nH]nc(C(=O)N2CCC(CO)CC2)c1N. The van der Waals surface area contributed by atoms with Crippen molar-refractivity contribution in [3.8, 4) is 0 Å². The maximum atomic E-state index is 12.3. The number of likely N-dealkylation sites (tertiary alicyclic amines) is 1. The van der Waals surface area contributed by atoms with Gasteiger partial charge in [0, 0.05) is 19.7 Å². The Morgan fingerprint density at radius 1 is 1.53 bits per heavy atom. The summed E-state index contributed by atoms with van der Waals surface area (Å²) in [7, 11) is 0. The van der Waals surface area contributed by atoms with Crippen LogP contribution in [-0.4, -0.2) is 45.8 Å². The van der Waals surface area contributed by atoms with Crippen molar-refractivity contribution in [3.05, 3.63) is 11.4 Å². The molecule has 1 amide bonds. The Bertz CT molecular complexity index is 436. The van der Waals surface area contributed by atoms with Crippen LogP contribution in [0.25, 0.3) is 0 Å². The largest absolute Gasteiger partial charge is 0.396 e. The molecule has 0 spiro atoms. The number of anilines is 1. The molecule has 106 valence electrons. The fourth-order valence-corrected chi connectivity index (χ4v) is 2.46. The van der Waals surface area contributed by atoms with E-state index in [1.807, 2.05) is 0 Å². The topological polar surface area (TPSA) is 95.2 Å². The molecule has 19 heavy (non-hydrogen) atoms. The summed E-state index contributed by atoms with van der Waals surface area (Å²) in [5, 5.41) is 16.0. The standard InChI is InChI=1S/C13H22N4O2/c1-2-3-10-11(14)12(16-15-10)13(19)17-6-4-9(8-18)5-7-17/h9,18H,2-8,14H2,1H3,(H,15,16). The third kappa shape index (κ3) is 2.89. The molecule has 0 aliphatic carbocycles. The number of hydrogen-bond donors (Lipinski definition) is 3. The Hall–Kier alpha value is -1.56. The second-order valence-electron chi connectivity index (χ2n) is 5.13. The van der Waals surface area contributed by atoms with Gasteiger partial charge in [-0.1, -0.05) is 13.3 Å². The number of nitrogens with zero attached hydrogens (tertiary/aromatic N) is 2. The monoisotopic (exact) mass is 266 g/mol. The van der Waals surface area contributed by atoms with Crippen LogP contribution in [-0.2, 0) is 6.42 Å². The average molecular weight is 266 g/mol. The molecule has 1 saturated heterocycles. The van der Waals surface area contributed by atoms with Crippen molar-refractivity contribution in [3.63, 3.8) is 0 Å². The molecule has 6 heteroatoms. The molecule has 0 aromatic carbocycles. The molecule has 2 rings (SSSR count). The number of aliphatic hydroxyl groups excluding tert-OH is 1. The Morgan fingerprint density at radius 3 is 2.79 bits per heavy atom. The van der Waals surface area contributed by atoms with Crippen LogP contribution in [0.1, 0.15) is 42.4 Å². The first-order chi connectivity index (χ1) is 9.17. The fraction of sp³-hybridized carbons (Fsp3) is 0.692. The van der Waals surface area contributed by atoms with E-state index in [-0.39, 0.29) is 12.5 Å². The fourth-order valence-electron chi connectivity index (χ4n) is 2.46. The highest BCUT2D eigenvalue weighted by molar-refractivity contribution is 5.97. The van der Waals surface area contributed by atoms with E-state index in [0.717, 1.165) is 31.4 Å². The van der Waals surface area contributed by atoms with Crippen LogP contribution in [0, 0.1) is 5.92 Å². The molecule has 4 N–H and O–H groups in total. The van der Waals surface area contributed by atoms with Gasteiger partial charge in [0.25, 0.3) is 5.91 Å². The second kappa shape index (κ2) is 6.06. The third-order valence-corrected chi connectivity index (χ3v) is 3.75. The van der Waals surface area contributed by atoms with Gasteiger partial charge >= 0.3 is 0 Å². The first-order valence-electron chi connectivity index (χ1n) is 6.90. The van der Waals surface area contributed by atoms with Gasteiger partial charge in [-0.25, -0.2) is 0 Å². The minimum atomic E-state index is -0.104. The van der Waals surface area contributed by atoms with Crippen molar-refractivity contribution in [2.45, 2.75) is 32.6 Å². The lowest BCUT2D eigenvalue weighted by molar-refractivity contribution is 0.0646. The molecular formula is C13H22N4O2. The molecule has 0 unspecified atom stereocenters. The number of nitrogens with two attached hydrogens (primary N) is 1. The molecule has 6 nitrogen and oxygen atoms in total. The Labute approximate surface area is 113 Å². The third-order valence-electron chi connectivity index (χ3n) is 3.75. The molecule has 0 saturated carbocycles. The van der Waals surface area contributed by atoms with Gasteiger partial charge in [-0.15, -0.1) is 0 Å². The van der Waals surface area contributed by atoms with E-state index >= 15 is 0 Å².